The summed E-state index contributed by atoms with van der Waals surface area (Å²) in [4.78, 5) is 11.3. The first kappa shape index (κ1) is 10.2. The predicted molar refractivity (Wildman–Crippen MR) is 59.1 cm³/mol. The Kier molecular flexibility index (Phi) is 3.02. The molecule has 2 unspecified atom stereocenters. The van der Waals surface area contributed by atoms with Crippen LogP contribution in [0.15, 0.2) is 30.3 Å². The summed E-state index contributed by atoms with van der Waals surface area (Å²) in [5.74, 6) is -0.266. The molecule has 0 aromatic heterocycles. The monoisotopic (exact) mass is 204 g/mol. The average molecular weight is 204 g/mol. The van der Waals surface area contributed by atoms with Gasteiger partial charge in [-0.05, 0) is 24.9 Å². The molecule has 3 N–H and O–H groups in total. The fraction of sp³-hybridized carbons (Fsp3) is 0.417. The summed E-state index contributed by atoms with van der Waals surface area (Å²) in [6.45, 7) is 0.962. The van der Waals surface area contributed by atoms with Gasteiger partial charge in [0.1, 0.15) is 0 Å². The minimum absolute atomic E-state index is 0.0684. The number of piperidine rings is 1. The summed E-state index contributed by atoms with van der Waals surface area (Å²) >= 11 is 0. The van der Waals surface area contributed by atoms with E-state index >= 15 is 0 Å². The zero-order valence-electron chi connectivity index (χ0n) is 8.65. The fourth-order valence-electron chi connectivity index (χ4n) is 2.21. The van der Waals surface area contributed by atoms with E-state index < -0.39 is 0 Å². The summed E-state index contributed by atoms with van der Waals surface area (Å²) in [7, 11) is 0. The maximum Gasteiger partial charge on any atom is 0.222 e. The predicted octanol–water partition coefficient (Wildman–Crippen LogP) is 1.21. The number of hydrogen-bond donors (Lipinski definition) is 2. The lowest BCUT2D eigenvalue weighted by Gasteiger charge is -2.30. The van der Waals surface area contributed by atoms with Crippen molar-refractivity contribution in [3.05, 3.63) is 35.9 Å². The molecule has 1 aliphatic rings. The SMILES string of the molecule is NC(=O)C1CCCNC1c1ccccc1. The lowest BCUT2D eigenvalue weighted by Crippen LogP contribution is -2.40. The molecule has 1 aromatic carbocycles. The molecule has 2 atom stereocenters. The second-order valence-corrected chi connectivity index (χ2v) is 3.99. The molecular formula is C12H16N2O. The zero-order chi connectivity index (χ0) is 10.7. The lowest BCUT2D eigenvalue weighted by atomic mass is 9.86. The van der Waals surface area contributed by atoms with E-state index in [1.807, 2.05) is 30.3 Å². The van der Waals surface area contributed by atoms with Gasteiger partial charge < -0.3 is 11.1 Å². The third-order valence-corrected chi connectivity index (χ3v) is 2.98. The van der Waals surface area contributed by atoms with Crippen molar-refractivity contribution in [2.24, 2.45) is 11.7 Å². The van der Waals surface area contributed by atoms with Gasteiger partial charge in [0.25, 0.3) is 0 Å². The second-order valence-electron chi connectivity index (χ2n) is 3.99. The van der Waals surface area contributed by atoms with Gasteiger partial charge in [0, 0.05) is 6.04 Å². The first-order chi connectivity index (χ1) is 7.29. The first-order valence-electron chi connectivity index (χ1n) is 5.36. The van der Waals surface area contributed by atoms with Crippen LogP contribution in [0.1, 0.15) is 24.4 Å². The van der Waals surface area contributed by atoms with Gasteiger partial charge in [-0.1, -0.05) is 30.3 Å². The van der Waals surface area contributed by atoms with Crippen molar-refractivity contribution in [2.45, 2.75) is 18.9 Å². The van der Waals surface area contributed by atoms with Crippen LogP contribution in [-0.2, 0) is 4.79 Å². The normalized spacial score (nSPS) is 26.1. The minimum Gasteiger partial charge on any atom is -0.369 e. The van der Waals surface area contributed by atoms with Crippen LogP contribution in [0, 0.1) is 5.92 Å². The van der Waals surface area contributed by atoms with Gasteiger partial charge in [0.2, 0.25) is 5.91 Å². The average Bonchev–Trinajstić information content (AvgIpc) is 2.30. The van der Waals surface area contributed by atoms with E-state index in [1.165, 1.54) is 0 Å². The fourth-order valence-corrected chi connectivity index (χ4v) is 2.21. The Morgan fingerprint density at radius 2 is 2.07 bits per heavy atom. The van der Waals surface area contributed by atoms with E-state index in [0.717, 1.165) is 24.9 Å². The largest absolute Gasteiger partial charge is 0.369 e. The summed E-state index contributed by atoms with van der Waals surface area (Å²) in [6, 6.07) is 10.1. The maximum absolute atomic E-state index is 11.3. The van der Waals surface area contributed by atoms with Gasteiger partial charge >= 0.3 is 0 Å². The van der Waals surface area contributed by atoms with E-state index in [2.05, 4.69) is 5.32 Å². The van der Waals surface area contributed by atoms with E-state index in [9.17, 15) is 4.79 Å². The molecule has 80 valence electrons. The second kappa shape index (κ2) is 4.45. The number of carbonyl (C=O) groups excluding carboxylic acids is 1. The molecule has 2 rings (SSSR count). The molecule has 1 aromatic rings. The van der Waals surface area contributed by atoms with E-state index in [4.69, 9.17) is 5.73 Å². The smallest absolute Gasteiger partial charge is 0.222 e. The Morgan fingerprint density at radius 3 is 2.73 bits per heavy atom. The number of rotatable bonds is 2. The molecule has 1 heterocycles. The number of amides is 1. The van der Waals surface area contributed by atoms with Crippen LogP contribution < -0.4 is 11.1 Å². The molecule has 3 heteroatoms. The van der Waals surface area contributed by atoms with Gasteiger partial charge in [0.05, 0.1) is 5.92 Å². The standard InChI is InChI=1S/C12H16N2O/c13-12(15)10-7-4-8-14-11(10)9-5-2-1-3-6-9/h1-3,5-6,10-11,14H,4,7-8H2,(H2,13,15). The number of nitrogens with two attached hydrogens (primary N) is 1. The summed E-state index contributed by atoms with van der Waals surface area (Å²) in [6.07, 6.45) is 1.92. The molecule has 0 spiro atoms. The van der Waals surface area contributed by atoms with Gasteiger partial charge in [-0.15, -0.1) is 0 Å². The van der Waals surface area contributed by atoms with E-state index in [0.29, 0.717) is 0 Å². The Labute approximate surface area is 89.7 Å². The van der Waals surface area contributed by atoms with E-state index in [1.54, 1.807) is 0 Å². The van der Waals surface area contributed by atoms with Gasteiger partial charge in [-0.2, -0.15) is 0 Å². The molecule has 0 saturated carbocycles. The molecule has 3 nitrogen and oxygen atoms in total. The lowest BCUT2D eigenvalue weighted by molar-refractivity contribution is -0.123. The van der Waals surface area contributed by atoms with Crippen molar-refractivity contribution in [3.63, 3.8) is 0 Å². The molecule has 1 amide bonds. The summed E-state index contributed by atoms with van der Waals surface area (Å²) in [5, 5.41) is 3.37. The number of primary amides is 1. The van der Waals surface area contributed by atoms with Crippen LogP contribution in [0.4, 0.5) is 0 Å². The van der Waals surface area contributed by atoms with Crippen LogP contribution in [0.5, 0.6) is 0 Å². The van der Waals surface area contributed by atoms with Crippen LogP contribution >= 0.6 is 0 Å². The molecular weight excluding hydrogens is 188 g/mol. The van der Waals surface area contributed by atoms with Crippen molar-refractivity contribution in [3.8, 4) is 0 Å². The molecule has 0 bridgehead atoms. The Hall–Kier alpha value is -1.35. The van der Waals surface area contributed by atoms with Gasteiger partial charge in [-0.3, -0.25) is 4.79 Å². The van der Waals surface area contributed by atoms with Gasteiger partial charge in [-0.25, -0.2) is 0 Å². The molecule has 1 aliphatic heterocycles. The summed E-state index contributed by atoms with van der Waals surface area (Å²) in [5.41, 5.74) is 6.57. The first-order valence-corrected chi connectivity index (χ1v) is 5.36. The molecule has 0 aliphatic carbocycles. The van der Waals surface area contributed by atoms with Crippen molar-refractivity contribution >= 4 is 5.91 Å². The number of benzene rings is 1. The van der Waals surface area contributed by atoms with Crippen molar-refractivity contribution in [2.75, 3.05) is 6.54 Å². The highest BCUT2D eigenvalue weighted by molar-refractivity contribution is 5.77. The maximum atomic E-state index is 11.3. The number of carbonyl (C=O) groups is 1. The van der Waals surface area contributed by atoms with Gasteiger partial charge in [0.15, 0.2) is 0 Å². The van der Waals surface area contributed by atoms with Crippen molar-refractivity contribution in [1.29, 1.82) is 0 Å². The number of hydrogen-bond acceptors (Lipinski definition) is 2. The Bertz CT molecular complexity index is 337. The Morgan fingerprint density at radius 1 is 1.33 bits per heavy atom. The quantitative estimate of drug-likeness (QED) is 0.761. The third-order valence-electron chi connectivity index (χ3n) is 2.98. The molecule has 15 heavy (non-hydrogen) atoms. The van der Waals surface area contributed by atoms with E-state index in [-0.39, 0.29) is 17.9 Å². The van der Waals surface area contributed by atoms with Crippen molar-refractivity contribution in [1.82, 2.24) is 5.32 Å². The van der Waals surface area contributed by atoms with Crippen LogP contribution in [-0.4, -0.2) is 12.5 Å². The number of nitrogens with one attached hydrogen (secondary N) is 1. The van der Waals surface area contributed by atoms with Crippen LogP contribution in [0.2, 0.25) is 0 Å². The molecule has 1 saturated heterocycles. The topological polar surface area (TPSA) is 55.1 Å². The molecule has 0 radical (unpaired) electrons. The van der Waals surface area contributed by atoms with Crippen molar-refractivity contribution < 1.29 is 4.79 Å². The highest BCUT2D eigenvalue weighted by Crippen LogP contribution is 2.28. The Balaban J connectivity index is 2.22. The highest BCUT2D eigenvalue weighted by atomic mass is 16.1. The zero-order valence-corrected chi connectivity index (χ0v) is 8.65. The third kappa shape index (κ3) is 2.18. The minimum atomic E-state index is -0.198. The molecule has 1 fully saturated rings. The highest BCUT2D eigenvalue weighted by Gasteiger charge is 2.29. The van der Waals surface area contributed by atoms with Crippen LogP contribution in [0.3, 0.4) is 0 Å². The summed E-state index contributed by atoms with van der Waals surface area (Å²) < 4.78 is 0. The van der Waals surface area contributed by atoms with Crippen LogP contribution in [0.25, 0.3) is 0 Å².